The molecule has 1 aromatic carbocycles. The van der Waals surface area contributed by atoms with Gasteiger partial charge in [0.15, 0.2) is 5.69 Å². The molecular formula is C18H21ClN2O3. The third-order valence-corrected chi connectivity index (χ3v) is 4.42. The van der Waals surface area contributed by atoms with Crippen LogP contribution >= 0.6 is 11.6 Å². The summed E-state index contributed by atoms with van der Waals surface area (Å²) in [6.07, 6.45) is 3.60. The van der Waals surface area contributed by atoms with E-state index in [2.05, 4.69) is 10.5 Å². The number of carbonyl (C=O) groups excluding carboxylic acids is 1. The van der Waals surface area contributed by atoms with Gasteiger partial charge in [-0.25, -0.2) is 0 Å². The molecule has 2 aromatic rings. The minimum absolute atomic E-state index is 0.186. The van der Waals surface area contributed by atoms with E-state index in [1.165, 1.54) is 5.56 Å². The number of benzene rings is 1. The standard InChI is InChI=1S/C18H21ClN2O3/c19-15-6-4-13(5-7-15)2-1-3-16-10-17(21-24-16)18(22)20-11-14-8-9-23-12-14/h4-7,10,14H,1-3,8-9,11-12H2,(H,20,22). The third kappa shape index (κ3) is 4.82. The normalized spacial score (nSPS) is 17.1. The van der Waals surface area contributed by atoms with Crippen molar-refractivity contribution in [3.8, 4) is 0 Å². The topological polar surface area (TPSA) is 64.4 Å². The zero-order chi connectivity index (χ0) is 16.8. The smallest absolute Gasteiger partial charge is 0.273 e. The van der Waals surface area contributed by atoms with Gasteiger partial charge >= 0.3 is 0 Å². The molecule has 1 unspecified atom stereocenters. The van der Waals surface area contributed by atoms with Crippen LogP contribution in [-0.4, -0.2) is 30.8 Å². The second-order valence-corrected chi connectivity index (χ2v) is 6.53. The summed E-state index contributed by atoms with van der Waals surface area (Å²) in [5.41, 5.74) is 1.58. The van der Waals surface area contributed by atoms with E-state index in [9.17, 15) is 4.79 Å². The van der Waals surface area contributed by atoms with E-state index in [1.54, 1.807) is 6.07 Å². The van der Waals surface area contributed by atoms with Crippen LogP contribution in [0.4, 0.5) is 0 Å². The van der Waals surface area contributed by atoms with Crippen molar-refractivity contribution in [2.75, 3.05) is 19.8 Å². The Morgan fingerprint density at radius 1 is 1.29 bits per heavy atom. The van der Waals surface area contributed by atoms with E-state index in [-0.39, 0.29) is 5.91 Å². The minimum Gasteiger partial charge on any atom is -0.381 e. The summed E-state index contributed by atoms with van der Waals surface area (Å²) in [6, 6.07) is 9.55. The van der Waals surface area contributed by atoms with Crippen molar-refractivity contribution in [1.82, 2.24) is 10.5 Å². The van der Waals surface area contributed by atoms with Gasteiger partial charge < -0.3 is 14.6 Å². The average Bonchev–Trinajstić information content (AvgIpc) is 3.26. The highest BCUT2D eigenvalue weighted by molar-refractivity contribution is 6.30. The number of nitrogens with zero attached hydrogens (tertiary/aromatic N) is 1. The number of hydrogen-bond donors (Lipinski definition) is 1. The first-order valence-electron chi connectivity index (χ1n) is 8.26. The van der Waals surface area contributed by atoms with Crippen molar-refractivity contribution in [3.05, 3.63) is 52.4 Å². The molecule has 6 heteroatoms. The molecule has 128 valence electrons. The molecule has 0 spiro atoms. The summed E-state index contributed by atoms with van der Waals surface area (Å²) in [5, 5.41) is 7.49. The summed E-state index contributed by atoms with van der Waals surface area (Å²) in [6.45, 7) is 2.12. The first-order valence-corrected chi connectivity index (χ1v) is 8.64. The van der Waals surface area contributed by atoms with Crippen LogP contribution in [0.25, 0.3) is 0 Å². The highest BCUT2D eigenvalue weighted by Crippen LogP contribution is 2.14. The molecule has 1 fully saturated rings. The zero-order valence-corrected chi connectivity index (χ0v) is 14.2. The molecule has 24 heavy (non-hydrogen) atoms. The molecule has 5 nitrogen and oxygen atoms in total. The summed E-state index contributed by atoms with van der Waals surface area (Å²) < 4.78 is 10.6. The first-order chi connectivity index (χ1) is 11.7. The number of hydrogen-bond acceptors (Lipinski definition) is 4. The maximum Gasteiger partial charge on any atom is 0.273 e. The van der Waals surface area contributed by atoms with E-state index in [0.29, 0.717) is 18.2 Å². The molecule has 2 heterocycles. The van der Waals surface area contributed by atoms with Gasteiger partial charge in [-0.3, -0.25) is 4.79 Å². The summed E-state index contributed by atoms with van der Waals surface area (Å²) in [5.74, 6) is 0.951. The molecule has 0 aliphatic carbocycles. The van der Waals surface area contributed by atoms with Crippen LogP contribution in [0.5, 0.6) is 0 Å². The summed E-state index contributed by atoms with van der Waals surface area (Å²) in [7, 11) is 0. The molecule has 1 aromatic heterocycles. The van der Waals surface area contributed by atoms with Crippen molar-refractivity contribution in [1.29, 1.82) is 0 Å². The van der Waals surface area contributed by atoms with E-state index < -0.39 is 0 Å². The number of aryl methyl sites for hydroxylation is 2. The van der Waals surface area contributed by atoms with Crippen molar-refractivity contribution < 1.29 is 14.1 Å². The van der Waals surface area contributed by atoms with Crippen LogP contribution in [0, 0.1) is 5.92 Å². The lowest BCUT2D eigenvalue weighted by Gasteiger charge is -2.07. The number of amides is 1. The van der Waals surface area contributed by atoms with Crippen LogP contribution in [0.15, 0.2) is 34.9 Å². The summed E-state index contributed by atoms with van der Waals surface area (Å²) >= 11 is 5.87. The van der Waals surface area contributed by atoms with Crippen LogP contribution in [-0.2, 0) is 17.6 Å². The van der Waals surface area contributed by atoms with Crippen molar-refractivity contribution in [3.63, 3.8) is 0 Å². The van der Waals surface area contributed by atoms with Gasteiger partial charge in [0.1, 0.15) is 5.76 Å². The van der Waals surface area contributed by atoms with Crippen LogP contribution in [0.3, 0.4) is 0 Å². The summed E-state index contributed by atoms with van der Waals surface area (Å²) in [4.78, 5) is 12.1. The van der Waals surface area contributed by atoms with Gasteiger partial charge in [-0.1, -0.05) is 28.9 Å². The van der Waals surface area contributed by atoms with E-state index in [4.69, 9.17) is 20.9 Å². The van der Waals surface area contributed by atoms with Gasteiger partial charge in [-0.15, -0.1) is 0 Å². The van der Waals surface area contributed by atoms with Crippen molar-refractivity contribution in [2.24, 2.45) is 5.92 Å². The lowest BCUT2D eigenvalue weighted by molar-refractivity contribution is 0.0936. The number of nitrogens with one attached hydrogen (secondary N) is 1. The minimum atomic E-state index is -0.186. The van der Waals surface area contributed by atoms with Crippen LogP contribution in [0.1, 0.15) is 34.7 Å². The number of halogens is 1. The second-order valence-electron chi connectivity index (χ2n) is 6.10. The number of aromatic nitrogens is 1. The van der Waals surface area contributed by atoms with E-state index >= 15 is 0 Å². The number of rotatable bonds is 7. The molecule has 0 bridgehead atoms. The van der Waals surface area contributed by atoms with Crippen molar-refractivity contribution >= 4 is 17.5 Å². The quantitative estimate of drug-likeness (QED) is 0.834. The Labute approximate surface area is 146 Å². The Hall–Kier alpha value is -1.85. The van der Waals surface area contributed by atoms with Gasteiger partial charge in [-0.2, -0.15) is 0 Å². The second kappa shape index (κ2) is 8.31. The fraction of sp³-hybridized carbons (Fsp3) is 0.444. The SMILES string of the molecule is O=C(NCC1CCOC1)c1cc(CCCc2ccc(Cl)cc2)on1. The number of ether oxygens (including phenoxy) is 1. The molecule has 1 N–H and O–H groups in total. The zero-order valence-electron chi connectivity index (χ0n) is 13.5. The lowest BCUT2D eigenvalue weighted by atomic mass is 10.1. The van der Waals surface area contributed by atoms with Gasteiger partial charge in [0.2, 0.25) is 0 Å². The molecule has 3 rings (SSSR count). The van der Waals surface area contributed by atoms with Gasteiger partial charge in [0.25, 0.3) is 5.91 Å². The fourth-order valence-electron chi connectivity index (χ4n) is 2.73. The fourth-order valence-corrected chi connectivity index (χ4v) is 2.85. The van der Waals surface area contributed by atoms with Gasteiger partial charge in [-0.05, 0) is 37.0 Å². The molecule has 1 atom stereocenters. The molecule has 1 saturated heterocycles. The van der Waals surface area contributed by atoms with Crippen molar-refractivity contribution in [2.45, 2.75) is 25.7 Å². The monoisotopic (exact) mass is 348 g/mol. The number of carbonyl (C=O) groups is 1. The molecule has 0 radical (unpaired) electrons. The van der Waals surface area contributed by atoms with Gasteiger partial charge in [0.05, 0.1) is 6.61 Å². The largest absolute Gasteiger partial charge is 0.381 e. The Morgan fingerprint density at radius 2 is 2.12 bits per heavy atom. The molecule has 1 aliphatic heterocycles. The third-order valence-electron chi connectivity index (χ3n) is 4.17. The Morgan fingerprint density at radius 3 is 2.88 bits per heavy atom. The molecule has 0 saturated carbocycles. The first kappa shape index (κ1) is 17.0. The average molecular weight is 349 g/mol. The Balaban J connectivity index is 1.42. The highest BCUT2D eigenvalue weighted by Gasteiger charge is 2.18. The predicted octanol–water partition coefficient (Wildman–Crippen LogP) is 3.27. The van der Waals surface area contributed by atoms with Crippen LogP contribution in [0.2, 0.25) is 5.02 Å². The molecular weight excluding hydrogens is 328 g/mol. The van der Waals surface area contributed by atoms with E-state index in [1.807, 2.05) is 24.3 Å². The predicted molar refractivity (Wildman–Crippen MR) is 91.2 cm³/mol. The molecule has 1 amide bonds. The highest BCUT2D eigenvalue weighted by atomic mass is 35.5. The van der Waals surface area contributed by atoms with Crippen LogP contribution < -0.4 is 5.32 Å². The Kier molecular flexibility index (Phi) is 5.88. The molecule has 1 aliphatic rings. The maximum absolute atomic E-state index is 12.1. The van der Waals surface area contributed by atoms with E-state index in [0.717, 1.165) is 49.7 Å². The van der Waals surface area contributed by atoms with Gasteiger partial charge in [0, 0.05) is 36.6 Å². The lowest BCUT2D eigenvalue weighted by Crippen LogP contribution is -2.29. The maximum atomic E-state index is 12.1. The Bertz CT molecular complexity index is 663.